The van der Waals surface area contributed by atoms with E-state index in [0.717, 1.165) is 50.0 Å². The predicted molar refractivity (Wildman–Crippen MR) is 150 cm³/mol. The summed E-state index contributed by atoms with van der Waals surface area (Å²) in [4.78, 5) is 23.0. The molecule has 0 spiro atoms. The molecule has 0 aliphatic heterocycles. The maximum absolute atomic E-state index is 12.2. The summed E-state index contributed by atoms with van der Waals surface area (Å²) in [6.45, 7) is 10.4. The van der Waals surface area contributed by atoms with Crippen LogP contribution in [0.1, 0.15) is 44.6 Å². The summed E-state index contributed by atoms with van der Waals surface area (Å²) >= 11 is 3.76. The Hall–Kier alpha value is -3.65. The minimum absolute atomic E-state index is 0.571. The molecule has 0 fully saturated rings. The lowest BCUT2D eigenvalue weighted by molar-refractivity contribution is 0.195. The number of anilines is 1. The average molecular weight is 561 g/mol. The second kappa shape index (κ2) is 9.34. The van der Waals surface area contributed by atoms with Crippen LogP contribution in [0.4, 0.5) is 10.5 Å². The van der Waals surface area contributed by atoms with Gasteiger partial charge in [-0.3, -0.25) is 4.90 Å². The molecule has 0 bridgehead atoms. The SMILES string of the molecule is CCc1nc2c(C)ccnc2n1Cc1ccc2oc(-c3ccccc3N(C(=O)O)C(C)(C)C)c(Br)c2c1. The van der Waals surface area contributed by atoms with Crippen molar-refractivity contribution < 1.29 is 14.3 Å². The quantitative estimate of drug-likeness (QED) is 0.237. The molecule has 0 saturated heterocycles. The second-order valence-electron chi connectivity index (χ2n) is 10.1. The van der Waals surface area contributed by atoms with Crippen molar-refractivity contribution in [1.82, 2.24) is 14.5 Å². The van der Waals surface area contributed by atoms with E-state index in [1.807, 2.05) is 69.4 Å². The lowest BCUT2D eigenvalue weighted by atomic mass is 10.0. The number of pyridine rings is 1. The van der Waals surface area contributed by atoms with Crippen molar-refractivity contribution in [2.45, 2.75) is 53.1 Å². The summed E-state index contributed by atoms with van der Waals surface area (Å²) in [5.41, 5.74) is 5.38. The van der Waals surface area contributed by atoms with Gasteiger partial charge in [-0.25, -0.2) is 14.8 Å². The minimum atomic E-state index is -1.02. The third-order valence-corrected chi connectivity index (χ3v) is 7.30. The maximum Gasteiger partial charge on any atom is 0.412 e. The molecular weight excluding hydrogens is 532 g/mol. The zero-order chi connectivity index (χ0) is 26.5. The summed E-state index contributed by atoms with van der Waals surface area (Å²) in [6.07, 6.45) is 1.62. The van der Waals surface area contributed by atoms with Crippen molar-refractivity contribution in [3.63, 3.8) is 0 Å². The number of aryl methyl sites for hydroxylation is 2. The van der Waals surface area contributed by atoms with Crippen LogP contribution in [-0.4, -0.2) is 31.3 Å². The van der Waals surface area contributed by atoms with Gasteiger partial charge >= 0.3 is 6.09 Å². The van der Waals surface area contributed by atoms with Gasteiger partial charge in [0.05, 0.1) is 16.7 Å². The number of amides is 1. The number of furan rings is 1. The lowest BCUT2D eigenvalue weighted by Gasteiger charge is -2.34. The van der Waals surface area contributed by atoms with Crippen LogP contribution >= 0.6 is 15.9 Å². The van der Waals surface area contributed by atoms with Crippen LogP contribution in [0.5, 0.6) is 0 Å². The standard InChI is InChI=1S/C29H29BrN4O3/c1-6-23-32-25-17(2)13-14-31-27(25)33(23)16-18-11-12-22-20(15-18)24(30)26(37-22)19-9-7-8-10-21(19)34(28(35)36)29(3,4)5/h7-15H,6,16H2,1-5H3,(H,35,36). The smallest absolute Gasteiger partial charge is 0.412 e. The Morgan fingerprint density at radius 1 is 1.16 bits per heavy atom. The van der Waals surface area contributed by atoms with Gasteiger partial charge in [-0.2, -0.15) is 0 Å². The second-order valence-corrected chi connectivity index (χ2v) is 10.9. The van der Waals surface area contributed by atoms with E-state index in [0.29, 0.717) is 23.6 Å². The molecule has 1 amide bonds. The largest absolute Gasteiger partial charge is 0.465 e. The van der Waals surface area contributed by atoms with E-state index in [1.54, 1.807) is 0 Å². The molecule has 8 heteroatoms. The van der Waals surface area contributed by atoms with Gasteiger partial charge in [-0.1, -0.05) is 25.1 Å². The first-order valence-corrected chi connectivity index (χ1v) is 13.0. The van der Waals surface area contributed by atoms with Crippen molar-refractivity contribution in [3.05, 3.63) is 76.2 Å². The third-order valence-electron chi connectivity index (χ3n) is 6.52. The van der Waals surface area contributed by atoms with Crippen LogP contribution in [-0.2, 0) is 13.0 Å². The van der Waals surface area contributed by atoms with Crippen LogP contribution in [0.3, 0.4) is 0 Å². The van der Waals surface area contributed by atoms with Gasteiger partial charge in [0.1, 0.15) is 16.9 Å². The average Bonchev–Trinajstić information content (AvgIpc) is 3.37. The Bertz CT molecular complexity index is 1640. The molecule has 3 heterocycles. The van der Waals surface area contributed by atoms with Crippen molar-refractivity contribution >= 4 is 49.8 Å². The van der Waals surface area contributed by atoms with Gasteiger partial charge < -0.3 is 14.1 Å². The Labute approximate surface area is 223 Å². The molecule has 0 unspecified atom stereocenters. The Kier molecular flexibility index (Phi) is 6.31. The summed E-state index contributed by atoms with van der Waals surface area (Å²) < 4.78 is 9.25. The van der Waals surface area contributed by atoms with Crippen molar-refractivity contribution in [3.8, 4) is 11.3 Å². The van der Waals surface area contributed by atoms with Gasteiger partial charge in [0, 0.05) is 29.1 Å². The van der Waals surface area contributed by atoms with E-state index in [-0.39, 0.29) is 0 Å². The van der Waals surface area contributed by atoms with Gasteiger partial charge in [-0.15, -0.1) is 0 Å². The molecule has 0 atom stereocenters. The number of aromatic nitrogens is 3. The van der Waals surface area contributed by atoms with Crippen molar-refractivity contribution in [2.75, 3.05) is 4.90 Å². The van der Waals surface area contributed by atoms with E-state index in [1.165, 1.54) is 4.90 Å². The summed E-state index contributed by atoms with van der Waals surface area (Å²) in [5, 5.41) is 10.9. The van der Waals surface area contributed by atoms with E-state index in [2.05, 4.69) is 45.4 Å². The zero-order valence-corrected chi connectivity index (χ0v) is 23.1. The number of para-hydroxylation sites is 1. The van der Waals surface area contributed by atoms with Crippen molar-refractivity contribution in [1.29, 1.82) is 0 Å². The highest BCUT2D eigenvalue weighted by molar-refractivity contribution is 9.10. The number of carboxylic acid groups (broad SMARTS) is 1. The van der Waals surface area contributed by atoms with Gasteiger partial charge in [0.15, 0.2) is 11.4 Å². The first kappa shape index (κ1) is 25.0. The number of benzene rings is 2. The highest BCUT2D eigenvalue weighted by atomic mass is 79.9. The van der Waals surface area contributed by atoms with E-state index >= 15 is 0 Å². The fourth-order valence-corrected chi connectivity index (χ4v) is 5.40. The zero-order valence-electron chi connectivity index (χ0n) is 21.5. The fraction of sp³-hybridized carbons (Fsp3) is 0.276. The van der Waals surface area contributed by atoms with Gasteiger partial charge in [0.2, 0.25) is 0 Å². The molecule has 5 rings (SSSR count). The molecule has 37 heavy (non-hydrogen) atoms. The first-order valence-electron chi connectivity index (χ1n) is 12.2. The number of nitrogens with zero attached hydrogens (tertiary/aromatic N) is 4. The molecule has 2 aromatic carbocycles. The number of hydrogen-bond acceptors (Lipinski definition) is 4. The fourth-order valence-electron chi connectivity index (χ4n) is 4.80. The minimum Gasteiger partial charge on any atom is -0.465 e. The Morgan fingerprint density at radius 2 is 1.92 bits per heavy atom. The number of halogens is 1. The normalized spacial score (nSPS) is 11.9. The maximum atomic E-state index is 12.2. The number of fused-ring (bicyclic) bond motifs is 2. The first-order chi connectivity index (χ1) is 17.6. The van der Waals surface area contributed by atoms with Gasteiger partial charge in [-0.05, 0) is 85.1 Å². The number of carbonyl (C=O) groups is 1. The van der Waals surface area contributed by atoms with E-state index in [4.69, 9.17) is 9.40 Å². The third kappa shape index (κ3) is 4.39. The Balaban J connectivity index is 1.60. The molecule has 0 aliphatic rings. The molecule has 7 nitrogen and oxygen atoms in total. The van der Waals surface area contributed by atoms with Crippen LogP contribution in [0.25, 0.3) is 33.5 Å². The van der Waals surface area contributed by atoms with Crippen molar-refractivity contribution in [2.24, 2.45) is 0 Å². The monoisotopic (exact) mass is 560 g/mol. The predicted octanol–water partition coefficient (Wildman–Crippen LogP) is 7.81. The van der Waals surface area contributed by atoms with Crippen LogP contribution < -0.4 is 4.90 Å². The molecule has 190 valence electrons. The highest BCUT2D eigenvalue weighted by Crippen LogP contribution is 2.43. The van der Waals surface area contributed by atoms with E-state index in [9.17, 15) is 9.90 Å². The molecule has 3 aromatic heterocycles. The number of imidazole rings is 1. The summed E-state index contributed by atoms with van der Waals surface area (Å²) in [6, 6.07) is 15.5. The summed E-state index contributed by atoms with van der Waals surface area (Å²) in [7, 11) is 0. The Morgan fingerprint density at radius 3 is 2.62 bits per heavy atom. The number of hydrogen-bond donors (Lipinski definition) is 1. The lowest BCUT2D eigenvalue weighted by Crippen LogP contribution is -2.45. The van der Waals surface area contributed by atoms with Crippen LogP contribution in [0, 0.1) is 6.92 Å². The molecule has 0 saturated carbocycles. The van der Waals surface area contributed by atoms with Crippen LogP contribution in [0.2, 0.25) is 0 Å². The molecular formula is C29H29BrN4O3. The summed E-state index contributed by atoms with van der Waals surface area (Å²) in [5.74, 6) is 1.59. The van der Waals surface area contributed by atoms with E-state index < -0.39 is 11.6 Å². The highest BCUT2D eigenvalue weighted by Gasteiger charge is 2.31. The molecule has 0 radical (unpaired) electrons. The molecule has 5 aromatic rings. The molecule has 1 N–H and O–H groups in total. The number of rotatable bonds is 5. The van der Waals surface area contributed by atoms with Crippen LogP contribution in [0.15, 0.2) is 63.6 Å². The van der Waals surface area contributed by atoms with Gasteiger partial charge in [0.25, 0.3) is 0 Å². The topological polar surface area (TPSA) is 84.4 Å². The molecule has 0 aliphatic carbocycles.